The van der Waals surface area contributed by atoms with E-state index in [0.29, 0.717) is 5.69 Å². The first-order valence-electron chi connectivity index (χ1n) is 6.81. The van der Waals surface area contributed by atoms with E-state index in [2.05, 4.69) is 9.71 Å². The molecule has 0 atom stereocenters. The second-order valence-corrected chi connectivity index (χ2v) is 8.72. The number of anilines is 1. The molecule has 2 aromatic rings. The number of aromatic nitrogens is 1. The van der Waals surface area contributed by atoms with Gasteiger partial charge in [0, 0.05) is 18.3 Å². The molecule has 1 heterocycles. The number of pyridine rings is 1. The van der Waals surface area contributed by atoms with Crippen LogP contribution in [0.4, 0.5) is 5.69 Å². The Bertz CT molecular complexity index is 1020. The second-order valence-electron chi connectivity index (χ2n) is 5.03. The fourth-order valence-corrected chi connectivity index (χ4v) is 4.44. The maximum absolute atomic E-state index is 12.4. The number of halogens is 1. The molecule has 1 aromatic heterocycles. The fraction of sp³-hybridized carbons (Fsp3) is 0.143. The van der Waals surface area contributed by atoms with E-state index in [1.54, 1.807) is 6.92 Å². The largest absolute Gasteiger partial charge is 0.280 e. The Morgan fingerprint density at radius 1 is 1.00 bits per heavy atom. The Balaban J connectivity index is 2.28. The molecular weight excluding hydrogens is 390 g/mol. The molecule has 1 aromatic carbocycles. The van der Waals surface area contributed by atoms with Crippen molar-refractivity contribution in [3.8, 4) is 0 Å². The van der Waals surface area contributed by atoms with E-state index >= 15 is 0 Å². The van der Waals surface area contributed by atoms with Crippen molar-refractivity contribution in [3.05, 3.63) is 47.2 Å². The van der Waals surface area contributed by atoms with Crippen LogP contribution in [-0.2, 0) is 24.8 Å². The zero-order chi connectivity index (χ0) is 18.8. The molecule has 0 radical (unpaired) electrons. The molecule has 1 amide bonds. The number of rotatable bonds is 5. The summed E-state index contributed by atoms with van der Waals surface area (Å²) in [4.78, 5) is 14.4. The smallest absolute Gasteiger partial charge is 0.264 e. The first-order chi connectivity index (χ1) is 11.5. The lowest BCUT2D eigenvalue weighted by molar-refractivity contribution is -0.117. The van der Waals surface area contributed by atoms with Gasteiger partial charge in [0.05, 0.1) is 4.90 Å². The first kappa shape index (κ1) is 19.2. The lowest BCUT2D eigenvalue weighted by atomic mass is 10.3. The Hall–Kier alpha value is -2.17. The first-order valence-corrected chi connectivity index (χ1v) is 10.1. The van der Waals surface area contributed by atoms with Crippen LogP contribution in [0, 0.1) is 6.92 Å². The molecule has 0 aliphatic carbocycles. The standard InChI is InChI=1S/C14H14ClN3O5S2/c1-9-3-8-13(14(15)16-9)25(22,23)18-11-4-6-12(7-5-11)24(20,21)17-10(2)19/h3-8,18H,1-2H3,(H,17,19). The molecule has 25 heavy (non-hydrogen) atoms. The number of sulfonamides is 2. The summed E-state index contributed by atoms with van der Waals surface area (Å²) in [5.41, 5.74) is 0.690. The molecule has 8 nitrogen and oxygen atoms in total. The van der Waals surface area contributed by atoms with Gasteiger partial charge in [-0.05, 0) is 43.3 Å². The number of carbonyl (C=O) groups excluding carboxylic acids is 1. The van der Waals surface area contributed by atoms with Crippen LogP contribution < -0.4 is 9.44 Å². The summed E-state index contributed by atoms with van der Waals surface area (Å²) in [7, 11) is -7.98. The van der Waals surface area contributed by atoms with Crippen molar-refractivity contribution >= 4 is 43.2 Å². The predicted molar refractivity (Wildman–Crippen MR) is 92.2 cm³/mol. The highest BCUT2D eigenvalue weighted by Crippen LogP contribution is 2.23. The number of benzene rings is 1. The number of carbonyl (C=O) groups is 1. The number of aryl methyl sites for hydroxylation is 1. The Kier molecular flexibility index (Phi) is 5.35. The summed E-state index contributed by atoms with van der Waals surface area (Å²) >= 11 is 5.86. The molecule has 0 saturated heterocycles. The molecule has 134 valence electrons. The lowest BCUT2D eigenvalue weighted by Gasteiger charge is -2.10. The van der Waals surface area contributed by atoms with Gasteiger partial charge in [-0.25, -0.2) is 26.5 Å². The van der Waals surface area contributed by atoms with Crippen molar-refractivity contribution in [2.75, 3.05) is 4.72 Å². The van der Waals surface area contributed by atoms with Crippen LogP contribution in [0.3, 0.4) is 0 Å². The van der Waals surface area contributed by atoms with E-state index in [-0.39, 0.29) is 20.6 Å². The Labute approximate surface area is 150 Å². The summed E-state index contributed by atoms with van der Waals surface area (Å²) in [6.45, 7) is 2.74. The molecule has 0 bridgehead atoms. The van der Waals surface area contributed by atoms with Gasteiger partial charge in [-0.15, -0.1) is 0 Å². The van der Waals surface area contributed by atoms with Gasteiger partial charge in [0.2, 0.25) is 5.91 Å². The maximum Gasteiger partial charge on any atom is 0.264 e. The van der Waals surface area contributed by atoms with Gasteiger partial charge in [-0.2, -0.15) is 0 Å². The normalized spacial score (nSPS) is 11.8. The van der Waals surface area contributed by atoms with Crippen molar-refractivity contribution in [2.24, 2.45) is 0 Å². The quantitative estimate of drug-likeness (QED) is 0.732. The average molecular weight is 404 g/mol. The van der Waals surface area contributed by atoms with E-state index in [4.69, 9.17) is 11.6 Å². The van der Waals surface area contributed by atoms with Crippen LogP contribution in [0.2, 0.25) is 5.15 Å². The van der Waals surface area contributed by atoms with Crippen LogP contribution >= 0.6 is 11.6 Å². The van der Waals surface area contributed by atoms with Crippen LogP contribution in [0.1, 0.15) is 12.6 Å². The van der Waals surface area contributed by atoms with Crippen molar-refractivity contribution < 1.29 is 21.6 Å². The summed E-state index contributed by atoms with van der Waals surface area (Å²) < 4.78 is 52.5. The third kappa shape index (κ3) is 4.68. The summed E-state index contributed by atoms with van der Waals surface area (Å²) in [5, 5.41) is -0.169. The van der Waals surface area contributed by atoms with Gasteiger partial charge in [-0.3, -0.25) is 9.52 Å². The van der Waals surface area contributed by atoms with Gasteiger partial charge < -0.3 is 0 Å². The van der Waals surface area contributed by atoms with E-state index in [1.807, 2.05) is 4.72 Å². The second kappa shape index (κ2) is 6.98. The molecule has 0 aliphatic heterocycles. The molecule has 2 N–H and O–H groups in total. The monoisotopic (exact) mass is 403 g/mol. The maximum atomic E-state index is 12.4. The van der Waals surface area contributed by atoms with Crippen molar-refractivity contribution in [1.82, 2.24) is 9.71 Å². The van der Waals surface area contributed by atoms with Gasteiger partial charge in [0.15, 0.2) is 0 Å². The minimum Gasteiger partial charge on any atom is -0.280 e. The lowest BCUT2D eigenvalue weighted by Crippen LogP contribution is -2.28. The van der Waals surface area contributed by atoms with Crippen LogP contribution in [0.5, 0.6) is 0 Å². The molecule has 0 unspecified atom stereocenters. The highest BCUT2D eigenvalue weighted by atomic mass is 35.5. The molecular formula is C14H14ClN3O5S2. The minimum absolute atomic E-state index is 0.124. The Morgan fingerprint density at radius 2 is 1.60 bits per heavy atom. The molecule has 0 aliphatic rings. The van der Waals surface area contributed by atoms with E-state index < -0.39 is 26.0 Å². The van der Waals surface area contributed by atoms with Gasteiger partial charge in [-0.1, -0.05) is 11.6 Å². The number of amides is 1. The van der Waals surface area contributed by atoms with E-state index in [0.717, 1.165) is 19.1 Å². The zero-order valence-corrected chi connectivity index (χ0v) is 15.5. The highest BCUT2D eigenvalue weighted by Gasteiger charge is 2.20. The predicted octanol–water partition coefficient (Wildman–Crippen LogP) is 1.67. The Morgan fingerprint density at radius 3 is 2.12 bits per heavy atom. The number of hydrogen-bond donors (Lipinski definition) is 2. The van der Waals surface area contributed by atoms with E-state index in [9.17, 15) is 21.6 Å². The zero-order valence-electron chi connectivity index (χ0n) is 13.1. The van der Waals surface area contributed by atoms with E-state index in [1.165, 1.54) is 24.3 Å². The third-order valence-electron chi connectivity index (χ3n) is 2.94. The van der Waals surface area contributed by atoms with Gasteiger partial charge in [0.25, 0.3) is 20.0 Å². The number of nitrogens with one attached hydrogen (secondary N) is 2. The third-order valence-corrected chi connectivity index (χ3v) is 6.20. The SMILES string of the molecule is CC(=O)NS(=O)(=O)c1ccc(NS(=O)(=O)c2ccc(C)nc2Cl)cc1. The minimum atomic E-state index is -3.99. The number of nitrogens with zero attached hydrogens (tertiary/aromatic N) is 1. The van der Waals surface area contributed by atoms with Crippen molar-refractivity contribution in [2.45, 2.75) is 23.6 Å². The fourth-order valence-electron chi connectivity index (χ4n) is 1.87. The summed E-state index contributed by atoms with van der Waals surface area (Å²) in [6, 6.07) is 7.66. The number of hydrogen-bond acceptors (Lipinski definition) is 6. The van der Waals surface area contributed by atoms with Crippen molar-refractivity contribution in [1.29, 1.82) is 0 Å². The van der Waals surface area contributed by atoms with Crippen LogP contribution in [0.25, 0.3) is 0 Å². The van der Waals surface area contributed by atoms with Crippen LogP contribution in [0.15, 0.2) is 46.2 Å². The summed E-state index contributed by atoms with van der Waals surface area (Å²) in [5.74, 6) is -0.730. The molecule has 0 saturated carbocycles. The average Bonchev–Trinajstić information content (AvgIpc) is 2.45. The molecule has 11 heteroatoms. The molecule has 0 spiro atoms. The highest BCUT2D eigenvalue weighted by molar-refractivity contribution is 7.92. The van der Waals surface area contributed by atoms with Gasteiger partial charge in [0.1, 0.15) is 10.0 Å². The van der Waals surface area contributed by atoms with Crippen molar-refractivity contribution in [3.63, 3.8) is 0 Å². The summed E-state index contributed by atoms with van der Waals surface area (Å²) in [6.07, 6.45) is 0. The van der Waals surface area contributed by atoms with Crippen LogP contribution in [-0.4, -0.2) is 27.7 Å². The molecule has 0 fully saturated rings. The van der Waals surface area contributed by atoms with Gasteiger partial charge >= 0.3 is 0 Å². The molecule has 2 rings (SSSR count). The topological polar surface area (TPSA) is 122 Å².